The Morgan fingerprint density at radius 2 is 2.00 bits per heavy atom. The van der Waals surface area contributed by atoms with E-state index in [9.17, 15) is 20.2 Å². The summed E-state index contributed by atoms with van der Waals surface area (Å²) in [7, 11) is 0. The molecule has 0 aliphatic carbocycles. The van der Waals surface area contributed by atoms with Gasteiger partial charge in [0.2, 0.25) is 0 Å². The lowest BCUT2D eigenvalue weighted by Gasteiger charge is -2.30. The summed E-state index contributed by atoms with van der Waals surface area (Å²) in [6.45, 7) is 2.50. The molecular weight excluding hydrogens is 420 g/mol. The fraction of sp³-hybridized carbons (Fsp3) is 0.182. The van der Waals surface area contributed by atoms with Crippen LogP contribution in [-0.4, -0.2) is 37.1 Å². The second-order valence-electron chi connectivity index (χ2n) is 6.58. The largest absolute Gasteiger partial charge is 0.378 e. The van der Waals surface area contributed by atoms with Gasteiger partial charge in [-0.25, -0.2) is 0 Å². The van der Waals surface area contributed by atoms with Gasteiger partial charge in [0, 0.05) is 24.2 Å². The van der Waals surface area contributed by atoms with Crippen LogP contribution in [0.5, 0.6) is 0 Å². The lowest BCUT2D eigenvalue weighted by atomic mass is 10.1. The third kappa shape index (κ3) is 5.69. The molecule has 0 bridgehead atoms. The first-order valence-electron chi connectivity index (χ1n) is 9.45. The van der Waals surface area contributed by atoms with E-state index in [4.69, 9.17) is 16.3 Å². The molecule has 1 aliphatic rings. The molecule has 2 aromatic rings. The second kappa shape index (κ2) is 10.4. The molecule has 158 valence electrons. The molecular formula is C22H19ClN4O4. The number of rotatable bonds is 6. The number of anilines is 2. The van der Waals surface area contributed by atoms with Crippen LogP contribution in [0, 0.1) is 21.4 Å². The van der Waals surface area contributed by atoms with Crippen molar-refractivity contribution in [2.24, 2.45) is 0 Å². The molecule has 1 aliphatic heterocycles. The van der Waals surface area contributed by atoms with Crippen molar-refractivity contribution in [3.8, 4) is 6.07 Å². The SMILES string of the molecule is N#CC(=C/C=C/c1ccccc1[N+](=O)[O-])C(=O)Nc1cc(Cl)ccc1N1CCOCC1. The highest BCUT2D eigenvalue weighted by atomic mass is 35.5. The number of nitro groups is 1. The van der Waals surface area contributed by atoms with Crippen LogP contribution >= 0.6 is 11.6 Å². The number of amides is 1. The summed E-state index contributed by atoms with van der Waals surface area (Å²) in [6.07, 6.45) is 4.22. The van der Waals surface area contributed by atoms with Gasteiger partial charge in [0.25, 0.3) is 11.6 Å². The number of benzene rings is 2. The van der Waals surface area contributed by atoms with Crippen LogP contribution < -0.4 is 10.2 Å². The van der Waals surface area contributed by atoms with Crippen molar-refractivity contribution in [3.05, 3.63) is 80.9 Å². The number of nitrogens with zero attached hydrogens (tertiary/aromatic N) is 3. The van der Waals surface area contributed by atoms with Crippen LogP contribution in [0.4, 0.5) is 17.1 Å². The molecule has 0 aromatic heterocycles. The number of para-hydroxylation sites is 1. The number of halogens is 1. The number of morpholine rings is 1. The highest BCUT2D eigenvalue weighted by molar-refractivity contribution is 6.31. The standard InChI is InChI=1S/C22H19ClN4O4/c23-18-8-9-21(26-10-12-31-13-11-26)19(14-18)25-22(28)17(15-24)6-3-5-16-4-1-2-7-20(16)27(29)30/h1-9,14H,10-13H2,(H,25,28)/b5-3+,17-6?. The monoisotopic (exact) mass is 438 g/mol. The van der Waals surface area contributed by atoms with Crippen LogP contribution in [-0.2, 0) is 9.53 Å². The normalized spacial score (nSPS) is 14.3. The molecule has 1 N–H and O–H groups in total. The molecule has 0 radical (unpaired) electrons. The third-order valence-electron chi connectivity index (χ3n) is 4.60. The number of nitriles is 1. The minimum Gasteiger partial charge on any atom is -0.378 e. The Bertz CT molecular complexity index is 1090. The molecule has 0 saturated carbocycles. The fourth-order valence-electron chi connectivity index (χ4n) is 3.08. The number of nitrogens with one attached hydrogen (secondary N) is 1. The van der Waals surface area contributed by atoms with Gasteiger partial charge < -0.3 is 15.0 Å². The molecule has 1 saturated heterocycles. The lowest BCUT2D eigenvalue weighted by Crippen LogP contribution is -2.36. The predicted octanol–water partition coefficient (Wildman–Crippen LogP) is 4.19. The van der Waals surface area contributed by atoms with Gasteiger partial charge in [0.05, 0.1) is 35.1 Å². The Labute approximate surface area is 184 Å². The van der Waals surface area contributed by atoms with E-state index in [0.717, 1.165) is 5.69 Å². The molecule has 0 spiro atoms. The van der Waals surface area contributed by atoms with Crippen molar-refractivity contribution in [2.45, 2.75) is 0 Å². The lowest BCUT2D eigenvalue weighted by molar-refractivity contribution is -0.385. The third-order valence-corrected chi connectivity index (χ3v) is 4.83. The molecule has 3 rings (SSSR count). The smallest absolute Gasteiger partial charge is 0.276 e. The van der Waals surface area contributed by atoms with Gasteiger partial charge in [0.15, 0.2) is 0 Å². The minimum atomic E-state index is -0.605. The Morgan fingerprint density at radius 1 is 1.26 bits per heavy atom. The highest BCUT2D eigenvalue weighted by Gasteiger charge is 2.18. The minimum absolute atomic E-state index is 0.0656. The number of carbonyl (C=O) groups is 1. The van der Waals surface area contributed by atoms with Crippen molar-refractivity contribution < 1.29 is 14.5 Å². The summed E-state index contributed by atoms with van der Waals surface area (Å²) < 4.78 is 5.37. The average molecular weight is 439 g/mol. The predicted molar refractivity (Wildman–Crippen MR) is 119 cm³/mol. The van der Waals surface area contributed by atoms with E-state index in [1.165, 1.54) is 24.3 Å². The maximum Gasteiger partial charge on any atom is 0.276 e. The van der Waals surface area contributed by atoms with Gasteiger partial charge in [-0.3, -0.25) is 14.9 Å². The van der Waals surface area contributed by atoms with Crippen molar-refractivity contribution >= 4 is 40.6 Å². The zero-order chi connectivity index (χ0) is 22.2. The Hall–Kier alpha value is -3.67. The first-order chi connectivity index (χ1) is 15.0. The van der Waals surface area contributed by atoms with E-state index < -0.39 is 10.8 Å². The highest BCUT2D eigenvalue weighted by Crippen LogP contribution is 2.30. The quantitative estimate of drug-likeness (QED) is 0.238. The van der Waals surface area contributed by atoms with Gasteiger partial charge in [-0.2, -0.15) is 5.26 Å². The molecule has 1 heterocycles. The summed E-state index contributed by atoms with van der Waals surface area (Å²) in [6, 6.07) is 13.2. The fourth-order valence-corrected chi connectivity index (χ4v) is 3.26. The van der Waals surface area contributed by atoms with Crippen molar-refractivity contribution in [1.29, 1.82) is 5.26 Å². The Kier molecular flexibility index (Phi) is 7.38. The van der Waals surface area contributed by atoms with Gasteiger partial charge in [-0.1, -0.05) is 29.8 Å². The Balaban J connectivity index is 1.80. The number of ether oxygens (including phenoxy) is 1. The first kappa shape index (κ1) is 22.0. The zero-order valence-corrected chi connectivity index (χ0v) is 17.2. The van der Waals surface area contributed by atoms with Crippen LogP contribution in [0.1, 0.15) is 5.56 Å². The Morgan fingerprint density at radius 3 is 2.71 bits per heavy atom. The van der Waals surface area contributed by atoms with Gasteiger partial charge in [0.1, 0.15) is 11.6 Å². The van der Waals surface area contributed by atoms with E-state index in [-0.39, 0.29) is 11.3 Å². The molecule has 1 fully saturated rings. The maximum atomic E-state index is 12.7. The molecule has 0 atom stereocenters. The summed E-state index contributed by atoms with van der Waals surface area (Å²) >= 11 is 6.10. The van der Waals surface area contributed by atoms with Crippen LogP contribution in [0.25, 0.3) is 6.08 Å². The van der Waals surface area contributed by atoms with Gasteiger partial charge >= 0.3 is 0 Å². The summed E-state index contributed by atoms with van der Waals surface area (Å²) in [4.78, 5) is 25.3. The van der Waals surface area contributed by atoms with Crippen molar-refractivity contribution in [2.75, 3.05) is 36.5 Å². The van der Waals surface area contributed by atoms with E-state index in [0.29, 0.717) is 42.6 Å². The molecule has 2 aromatic carbocycles. The molecule has 31 heavy (non-hydrogen) atoms. The second-order valence-corrected chi connectivity index (χ2v) is 7.02. The van der Waals surface area contributed by atoms with Crippen LogP contribution in [0.2, 0.25) is 5.02 Å². The number of allylic oxidation sites excluding steroid dienone is 2. The number of hydrogen-bond donors (Lipinski definition) is 1. The number of nitro benzene ring substituents is 1. The van der Waals surface area contributed by atoms with Gasteiger partial charge in [-0.15, -0.1) is 0 Å². The number of hydrogen-bond acceptors (Lipinski definition) is 6. The van der Waals surface area contributed by atoms with Crippen molar-refractivity contribution in [1.82, 2.24) is 0 Å². The molecule has 0 unspecified atom stereocenters. The zero-order valence-electron chi connectivity index (χ0n) is 16.5. The van der Waals surface area contributed by atoms with E-state index in [1.54, 1.807) is 30.3 Å². The summed E-state index contributed by atoms with van der Waals surface area (Å²) in [5.74, 6) is -0.605. The maximum absolute atomic E-state index is 12.7. The topological polar surface area (TPSA) is 108 Å². The van der Waals surface area contributed by atoms with E-state index in [1.807, 2.05) is 12.1 Å². The first-order valence-corrected chi connectivity index (χ1v) is 9.83. The molecule has 1 amide bonds. The van der Waals surface area contributed by atoms with Gasteiger partial charge in [-0.05, 0) is 36.4 Å². The summed E-state index contributed by atoms with van der Waals surface area (Å²) in [5.41, 5.74) is 1.43. The number of carbonyl (C=O) groups excluding carboxylic acids is 1. The van der Waals surface area contributed by atoms with E-state index >= 15 is 0 Å². The van der Waals surface area contributed by atoms with Crippen LogP contribution in [0.3, 0.4) is 0 Å². The van der Waals surface area contributed by atoms with E-state index in [2.05, 4.69) is 10.2 Å². The molecule has 9 heteroatoms. The van der Waals surface area contributed by atoms with Crippen LogP contribution in [0.15, 0.2) is 60.2 Å². The average Bonchev–Trinajstić information content (AvgIpc) is 2.77. The van der Waals surface area contributed by atoms with Crippen molar-refractivity contribution in [3.63, 3.8) is 0 Å². The summed E-state index contributed by atoms with van der Waals surface area (Å²) in [5, 5.41) is 23.7. The molecule has 8 nitrogen and oxygen atoms in total.